The Morgan fingerprint density at radius 3 is 2.62 bits per heavy atom. The van der Waals surface area contributed by atoms with Crippen LogP contribution in [0.1, 0.15) is 34.1 Å². The first-order valence-electron chi connectivity index (χ1n) is 9.48. The molecule has 5 rings (SSSR count). The minimum absolute atomic E-state index is 0.0741. The molecule has 1 N–H and O–H groups in total. The van der Waals surface area contributed by atoms with E-state index in [0.717, 1.165) is 16.8 Å². The van der Waals surface area contributed by atoms with E-state index in [2.05, 4.69) is 10.4 Å². The molecule has 0 bridgehead atoms. The van der Waals surface area contributed by atoms with Gasteiger partial charge in [-0.15, -0.1) is 0 Å². The summed E-state index contributed by atoms with van der Waals surface area (Å²) in [6.45, 7) is 0.438. The molecule has 3 heterocycles. The number of carbonyl (C=O) groups excluding carboxylic acids is 2. The molecular weight excluding hydrogens is 388 g/mol. The van der Waals surface area contributed by atoms with Crippen LogP contribution < -0.4 is 5.32 Å². The van der Waals surface area contributed by atoms with Crippen molar-refractivity contribution >= 4 is 29.1 Å². The number of fused-ring (bicyclic) bond motifs is 2. The number of anilines is 1. The van der Waals surface area contributed by atoms with Crippen LogP contribution in [0, 0.1) is 0 Å². The molecular formula is C22H19ClN4O2. The summed E-state index contributed by atoms with van der Waals surface area (Å²) >= 11 is 6.26. The summed E-state index contributed by atoms with van der Waals surface area (Å²) in [4.78, 5) is 28.5. The second kappa shape index (κ2) is 6.46. The normalized spacial score (nSPS) is 22.8. The van der Waals surface area contributed by atoms with Crippen molar-refractivity contribution in [3.8, 4) is 0 Å². The molecule has 2 aliphatic rings. The molecule has 2 aromatic carbocycles. The highest BCUT2D eigenvalue weighted by atomic mass is 35.5. The molecule has 0 aliphatic carbocycles. The van der Waals surface area contributed by atoms with Crippen molar-refractivity contribution in [2.75, 3.05) is 11.9 Å². The van der Waals surface area contributed by atoms with Gasteiger partial charge in [-0.2, -0.15) is 5.10 Å². The van der Waals surface area contributed by atoms with Crippen LogP contribution in [0.3, 0.4) is 0 Å². The van der Waals surface area contributed by atoms with Gasteiger partial charge in [-0.25, -0.2) is 0 Å². The Kier molecular flexibility index (Phi) is 3.99. The predicted molar refractivity (Wildman–Crippen MR) is 110 cm³/mol. The lowest BCUT2D eigenvalue weighted by Crippen LogP contribution is -2.42. The van der Waals surface area contributed by atoms with Gasteiger partial charge in [0, 0.05) is 25.5 Å². The fourth-order valence-electron chi connectivity index (χ4n) is 4.74. The van der Waals surface area contributed by atoms with Crippen molar-refractivity contribution in [1.29, 1.82) is 0 Å². The maximum Gasteiger partial charge on any atom is 0.276 e. The fourth-order valence-corrected chi connectivity index (χ4v) is 5.00. The lowest BCUT2D eigenvalue weighted by molar-refractivity contribution is -0.121. The van der Waals surface area contributed by atoms with E-state index in [4.69, 9.17) is 11.6 Å². The highest BCUT2D eigenvalue weighted by Crippen LogP contribution is 2.54. The maximum atomic E-state index is 13.5. The highest BCUT2D eigenvalue weighted by Gasteiger charge is 2.59. The average molecular weight is 407 g/mol. The summed E-state index contributed by atoms with van der Waals surface area (Å²) in [5.74, 6) is -0.339. The lowest BCUT2D eigenvalue weighted by Gasteiger charge is -2.34. The number of hydrogen-bond donors (Lipinski definition) is 1. The van der Waals surface area contributed by atoms with Crippen molar-refractivity contribution in [1.82, 2.24) is 14.7 Å². The first-order chi connectivity index (χ1) is 14.0. The molecule has 7 heteroatoms. The summed E-state index contributed by atoms with van der Waals surface area (Å²) in [5, 5.41) is 7.58. The van der Waals surface area contributed by atoms with Crippen LogP contribution >= 0.6 is 11.6 Å². The van der Waals surface area contributed by atoms with Crippen LogP contribution in [0.4, 0.5) is 5.69 Å². The molecule has 146 valence electrons. The monoisotopic (exact) mass is 406 g/mol. The largest absolute Gasteiger partial charge is 0.329 e. The molecule has 2 atom stereocenters. The number of rotatable bonds is 2. The zero-order valence-corrected chi connectivity index (χ0v) is 16.6. The Bertz CT molecular complexity index is 1130. The van der Waals surface area contributed by atoms with Crippen LogP contribution in [0.5, 0.6) is 0 Å². The third-order valence-corrected chi connectivity index (χ3v) is 6.23. The molecule has 0 saturated carbocycles. The van der Waals surface area contributed by atoms with E-state index in [1.807, 2.05) is 54.6 Å². The number of nitrogens with zero attached hydrogens (tertiary/aromatic N) is 3. The fraction of sp³-hybridized carbons (Fsp3) is 0.227. The number of carbonyl (C=O) groups is 2. The highest BCUT2D eigenvalue weighted by molar-refractivity contribution is 6.33. The van der Waals surface area contributed by atoms with E-state index in [9.17, 15) is 9.59 Å². The third-order valence-electron chi connectivity index (χ3n) is 5.95. The number of aryl methyl sites for hydroxylation is 1. The van der Waals surface area contributed by atoms with E-state index < -0.39 is 11.5 Å². The Morgan fingerprint density at radius 2 is 1.90 bits per heavy atom. The van der Waals surface area contributed by atoms with Crippen molar-refractivity contribution < 1.29 is 9.59 Å². The number of aromatic nitrogens is 2. The van der Waals surface area contributed by atoms with Crippen LogP contribution in [0.25, 0.3) is 0 Å². The molecule has 29 heavy (non-hydrogen) atoms. The van der Waals surface area contributed by atoms with Crippen molar-refractivity contribution in [3.63, 3.8) is 0 Å². The third kappa shape index (κ3) is 2.52. The van der Waals surface area contributed by atoms with Gasteiger partial charge in [0.05, 0.1) is 11.1 Å². The number of benzene rings is 2. The molecule has 1 saturated heterocycles. The second-order valence-electron chi connectivity index (χ2n) is 7.53. The average Bonchev–Trinajstić information content (AvgIpc) is 3.37. The van der Waals surface area contributed by atoms with Gasteiger partial charge < -0.3 is 10.2 Å². The number of para-hydroxylation sites is 1. The Hall–Kier alpha value is -3.12. The van der Waals surface area contributed by atoms with Gasteiger partial charge in [0.1, 0.15) is 5.41 Å². The van der Waals surface area contributed by atoms with Gasteiger partial charge in [-0.3, -0.25) is 14.3 Å². The quantitative estimate of drug-likeness (QED) is 0.707. The van der Waals surface area contributed by atoms with E-state index in [1.54, 1.807) is 18.1 Å². The van der Waals surface area contributed by atoms with Gasteiger partial charge in [0.2, 0.25) is 5.91 Å². The number of nitrogens with one attached hydrogen (secondary N) is 1. The summed E-state index contributed by atoms with van der Waals surface area (Å²) in [7, 11) is 1.73. The summed E-state index contributed by atoms with van der Waals surface area (Å²) < 4.78 is 1.52. The second-order valence-corrected chi connectivity index (χ2v) is 7.94. The summed E-state index contributed by atoms with van der Waals surface area (Å²) in [5.41, 5.74) is 2.02. The number of hydrogen-bond acceptors (Lipinski definition) is 3. The van der Waals surface area contributed by atoms with Gasteiger partial charge >= 0.3 is 0 Å². The van der Waals surface area contributed by atoms with Gasteiger partial charge in [0.25, 0.3) is 5.91 Å². The first-order valence-corrected chi connectivity index (χ1v) is 9.86. The Morgan fingerprint density at radius 1 is 1.17 bits per heavy atom. The van der Waals surface area contributed by atoms with Crippen LogP contribution in [-0.4, -0.2) is 33.0 Å². The summed E-state index contributed by atoms with van der Waals surface area (Å²) in [6.07, 6.45) is 2.14. The SMILES string of the molecule is Cn1cc(Cl)c(C(=O)N2CC[C@]3(C(=O)Nc4ccccc43)[C@@H]2c2ccccc2)n1. The number of likely N-dealkylation sites (tertiary alicyclic amines) is 1. The zero-order chi connectivity index (χ0) is 20.2. The molecule has 0 unspecified atom stereocenters. The van der Waals surface area contributed by atoms with Gasteiger partial charge in [-0.05, 0) is 23.6 Å². The van der Waals surface area contributed by atoms with Crippen molar-refractivity contribution in [2.45, 2.75) is 17.9 Å². The molecule has 6 nitrogen and oxygen atoms in total. The number of amides is 2. The Balaban J connectivity index is 1.68. The van der Waals surface area contributed by atoms with E-state index in [1.165, 1.54) is 4.68 Å². The van der Waals surface area contributed by atoms with Crippen LogP contribution in [-0.2, 0) is 17.3 Å². The minimum Gasteiger partial charge on any atom is -0.329 e. The first kappa shape index (κ1) is 17.9. The Labute approximate surface area is 173 Å². The molecule has 0 radical (unpaired) electrons. The maximum absolute atomic E-state index is 13.5. The van der Waals surface area contributed by atoms with Crippen LogP contribution in [0.2, 0.25) is 5.02 Å². The predicted octanol–water partition coefficient (Wildman–Crippen LogP) is 3.55. The smallest absolute Gasteiger partial charge is 0.276 e. The molecule has 1 fully saturated rings. The van der Waals surface area contributed by atoms with Crippen molar-refractivity contribution in [3.05, 3.63) is 82.6 Å². The van der Waals surface area contributed by atoms with Crippen molar-refractivity contribution in [2.24, 2.45) is 7.05 Å². The molecule has 2 aliphatic heterocycles. The molecule has 1 aromatic heterocycles. The van der Waals surface area contributed by atoms with E-state index in [0.29, 0.717) is 18.0 Å². The topological polar surface area (TPSA) is 67.2 Å². The molecule has 2 amide bonds. The zero-order valence-electron chi connectivity index (χ0n) is 15.8. The number of halogens is 1. The van der Waals surface area contributed by atoms with Gasteiger partial charge in [-0.1, -0.05) is 60.1 Å². The molecule has 1 spiro atoms. The minimum atomic E-state index is -0.838. The van der Waals surface area contributed by atoms with E-state index >= 15 is 0 Å². The van der Waals surface area contributed by atoms with Crippen LogP contribution in [0.15, 0.2) is 60.8 Å². The summed E-state index contributed by atoms with van der Waals surface area (Å²) in [6, 6.07) is 17.0. The lowest BCUT2D eigenvalue weighted by atomic mass is 9.72. The standard InChI is InChI=1S/C22H19ClN4O2/c1-26-13-16(23)18(25-26)20(28)27-12-11-22(19(27)14-7-3-2-4-8-14)15-9-5-6-10-17(15)24-21(22)29/h2-10,13,19H,11-12H2,1H3,(H,24,29)/t19-,22+/m0/s1. The van der Waals surface area contributed by atoms with E-state index in [-0.39, 0.29) is 17.5 Å². The van der Waals surface area contributed by atoms with Gasteiger partial charge in [0.15, 0.2) is 5.69 Å². The molecule has 3 aromatic rings.